The summed E-state index contributed by atoms with van der Waals surface area (Å²) in [5.41, 5.74) is 5.14. The average Bonchev–Trinajstić information content (AvgIpc) is 3.32. The van der Waals surface area contributed by atoms with Crippen LogP contribution in [0.4, 0.5) is 0 Å². The fourth-order valence-corrected chi connectivity index (χ4v) is 3.83. The first-order valence-electron chi connectivity index (χ1n) is 9.37. The van der Waals surface area contributed by atoms with Gasteiger partial charge < -0.3 is 14.0 Å². The van der Waals surface area contributed by atoms with Crippen molar-refractivity contribution in [1.29, 1.82) is 0 Å². The molecule has 0 bridgehead atoms. The minimum absolute atomic E-state index is 0.191. The summed E-state index contributed by atoms with van der Waals surface area (Å²) >= 11 is 0. The van der Waals surface area contributed by atoms with Crippen molar-refractivity contribution >= 4 is 22.6 Å². The molecule has 2 aromatic carbocycles. The highest BCUT2D eigenvalue weighted by atomic mass is 16.5. The van der Waals surface area contributed by atoms with Crippen LogP contribution < -0.4 is 4.74 Å². The van der Waals surface area contributed by atoms with Crippen LogP contribution >= 0.6 is 0 Å². The molecule has 0 amide bonds. The number of fused-ring (bicyclic) bond motifs is 1. The molecular weight excluding hydrogens is 338 g/mol. The molecule has 4 heteroatoms. The number of benzene rings is 2. The lowest BCUT2D eigenvalue weighted by Crippen LogP contribution is -2.10. The van der Waals surface area contributed by atoms with Gasteiger partial charge in [-0.15, -0.1) is 0 Å². The first-order valence-corrected chi connectivity index (χ1v) is 9.37. The Bertz CT molecular complexity index is 1010. The standard InChI is InChI=1S/C23H23NO3/c1-3-27-23(25)19-8-6-10-21(19)24-20-9-5-4-7-17(20)15-22(24)16-11-13-18(26-2)14-12-16/h4-5,7,9,11-15H,3,6,8,10H2,1-2H3. The van der Waals surface area contributed by atoms with E-state index in [0.717, 1.165) is 58.4 Å². The van der Waals surface area contributed by atoms with Gasteiger partial charge in [0.15, 0.2) is 0 Å². The summed E-state index contributed by atoms with van der Waals surface area (Å²) in [4.78, 5) is 12.5. The van der Waals surface area contributed by atoms with E-state index < -0.39 is 0 Å². The van der Waals surface area contributed by atoms with Crippen LogP contribution in [0.2, 0.25) is 0 Å². The molecule has 0 saturated carbocycles. The highest BCUT2D eigenvalue weighted by molar-refractivity contribution is 5.99. The largest absolute Gasteiger partial charge is 0.497 e. The Kier molecular flexibility index (Phi) is 4.71. The van der Waals surface area contributed by atoms with E-state index in [1.54, 1.807) is 7.11 Å². The number of nitrogens with zero attached hydrogens (tertiary/aromatic N) is 1. The molecule has 0 saturated heterocycles. The number of esters is 1. The monoisotopic (exact) mass is 361 g/mol. The van der Waals surface area contributed by atoms with Crippen LogP contribution in [0.3, 0.4) is 0 Å². The Morgan fingerprint density at radius 2 is 1.85 bits per heavy atom. The van der Waals surface area contributed by atoms with Crippen LogP contribution in [-0.2, 0) is 9.53 Å². The molecule has 4 nitrogen and oxygen atoms in total. The summed E-state index contributed by atoms with van der Waals surface area (Å²) in [6.45, 7) is 2.24. The molecule has 0 atom stereocenters. The Balaban J connectivity index is 1.93. The van der Waals surface area contributed by atoms with E-state index in [0.29, 0.717) is 6.61 Å². The number of aromatic nitrogens is 1. The van der Waals surface area contributed by atoms with Crippen molar-refractivity contribution < 1.29 is 14.3 Å². The first-order chi connectivity index (χ1) is 13.2. The van der Waals surface area contributed by atoms with Gasteiger partial charge in [-0.25, -0.2) is 4.79 Å². The second-order valence-electron chi connectivity index (χ2n) is 6.65. The zero-order chi connectivity index (χ0) is 18.8. The van der Waals surface area contributed by atoms with Crippen molar-refractivity contribution in [2.75, 3.05) is 13.7 Å². The first kappa shape index (κ1) is 17.4. The molecular formula is C23H23NO3. The maximum absolute atomic E-state index is 12.5. The number of carbonyl (C=O) groups excluding carboxylic acids is 1. The summed E-state index contributed by atoms with van der Waals surface area (Å²) in [5, 5.41) is 1.16. The lowest BCUT2D eigenvalue weighted by molar-refractivity contribution is -0.138. The quantitative estimate of drug-likeness (QED) is 0.581. The topological polar surface area (TPSA) is 40.5 Å². The molecule has 1 aliphatic carbocycles. The minimum atomic E-state index is -0.191. The second kappa shape index (κ2) is 7.31. The summed E-state index contributed by atoms with van der Waals surface area (Å²) in [7, 11) is 1.67. The number of allylic oxidation sites excluding steroid dienone is 1. The molecule has 3 aromatic rings. The van der Waals surface area contributed by atoms with Gasteiger partial charge >= 0.3 is 5.97 Å². The maximum atomic E-state index is 12.5. The van der Waals surface area contributed by atoms with E-state index in [4.69, 9.17) is 9.47 Å². The molecule has 0 N–H and O–H groups in total. The van der Waals surface area contributed by atoms with E-state index in [1.165, 1.54) is 0 Å². The molecule has 1 heterocycles. The molecule has 0 aliphatic heterocycles. The predicted molar refractivity (Wildman–Crippen MR) is 108 cm³/mol. The smallest absolute Gasteiger partial charge is 0.335 e. The molecule has 138 valence electrons. The molecule has 0 fully saturated rings. The Morgan fingerprint density at radius 3 is 2.59 bits per heavy atom. The van der Waals surface area contributed by atoms with Gasteiger partial charge in [0.05, 0.1) is 30.5 Å². The highest BCUT2D eigenvalue weighted by Gasteiger charge is 2.26. The third-order valence-electron chi connectivity index (χ3n) is 5.08. The van der Waals surface area contributed by atoms with Gasteiger partial charge in [-0.2, -0.15) is 0 Å². The van der Waals surface area contributed by atoms with Crippen LogP contribution in [-0.4, -0.2) is 24.3 Å². The summed E-state index contributed by atoms with van der Waals surface area (Å²) < 4.78 is 12.8. The zero-order valence-electron chi connectivity index (χ0n) is 15.7. The number of carbonyl (C=O) groups is 1. The third-order valence-corrected chi connectivity index (χ3v) is 5.08. The SMILES string of the molecule is CCOC(=O)C1=C(n2c(-c3ccc(OC)cc3)cc3ccccc32)CCC1. The number of rotatable bonds is 5. The fourth-order valence-electron chi connectivity index (χ4n) is 3.83. The summed E-state index contributed by atoms with van der Waals surface area (Å²) in [6.07, 6.45) is 2.61. The lowest BCUT2D eigenvalue weighted by Gasteiger charge is -2.15. The van der Waals surface area contributed by atoms with Gasteiger partial charge in [-0.05, 0) is 68.1 Å². The third kappa shape index (κ3) is 3.12. The van der Waals surface area contributed by atoms with Crippen LogP contribution in [0, 0.1) is 0 Å². The Labute approximate surface area is 159 Å². The molecule has 4 rings (SSSR count). The van der Waals surface area contributed by atoms with Gasteiger partial charge in [0.25, 0.3) is 0 Å². The van der Waals surface area contributed by atoms with Crippen LogP contribution in [0.1, 0.15) is 26.2 Å². The number of methoxy groups -OCH3 is 1. The van der Waals surface area contributed by atoms with Crippen LogP contribution in [0.25, 0.3) is 27.9 Å². The van der Waals surface area contributed by atoms with E-state index in [-0.39, 0.29) is 5.97 Å². The molecule has 0 radical (unpaired) electrons. The van der Waals surface area contributed by atoms with Crippen molar-refractivity contribution in [3.05, 3.63) is 60.2 Å². The van der Waals surface area contributed by atoms with Crippen molar-refractivity contribution in [3.63, 3.8) is 0 Å². The van der Waals surface area contributed by atoms with Crippen molar-refractivity contribution in [2.45, 2.75) is 26.2 Å². The van der Waals surface area contributed by atoms with E-state index in [1.807, 2.05) is 31.2 Å². The van der Waals surface area contributed by atoms with Gasteiger partial charge in [-0.3, -0.25) is 0 Å². The van der Waals surface area contributed by atoms with E-state index >= 15 is 0 Å². The predicted octanol–water partition coefficient (Wildman–Crippen LogP) is 5.28. The molecule has 0 spiro atoms. The molecule has 1 aliphatic rings. The maximum Gasteiger partial charge on any atom is 0.335 e. The number of para-hydroxylation sites is 1. The van der Waals surface area contributed by atoms with Crippen molar-refractivity contribution in [2.24, 2.45) is 0 Å². The number of hydrogen-bond donors (Lipinski definition) is 0. The molecule has 27 heavy (non-hydrogen) atoms. The fraction of sp³-hybridized carbons (Fsp3) is 0.261. The Hall–Kier alpha value is -3.01. The Morgan fingerprint density at radius 1 is 1.07 bits per heavy atom. The zero-order valence-corrected chi connectivity index (χ0v) is 15.7. The highest BCUT2D eigenvalue weighted by Crippen LogP contribution is 2.38. The summed E-state index contributed by atoms with van der Waals surface area (Å²) in [5.74, 6) is 0.636. The molecule has 0 unspecified atom stereocenters. The van der Waals surface area contributed by atoms with Crippen molar-refractivity contribution in [1.82, 2.24) is 4.57 Å². The van der Waals surface area contributed by atoms with Gasteiger partial charge in [-0.1, -0.05) is 18.2 Å². The normalized spacial score (nSPS) is 14.0. The van der Waals surface area contributed by atoms with Crippen LogP contribution in [0.5, 0.6) is 5.75 Å². The van der Waals surface area contributed by atoms with Gasteiger partial charge in [0.2, 0.25) is 0 Å². The van der Waals surface area contributed by atoms with Crippen molar-refractivity contribution in [3.8, 4) is 17.0 Å². The minimum Gasteiger partial charge on any atom is -0.497 e. The average molecular weight is 361 g/mol. The van der Waals surface area contributed by atoms with Gasteiger partial charge in [0, 0.05) is 11.1 Å². The lowest BCUT2D eigenvalue weighted by atomic mass is 10.1. The second-order valence-corrected chi connectivity index (χ2v) is 6.65. The summed E-state index contributed by atoms with van der Waals surface area (Å²) in [6, 6.07) is 18.5. The van der Waals surface area contributed by atoms with E-state index in [9.17, 15) is 4.79 Å². The van der Waals surface area contributed by atoms with Crippen LogP contribution in [0.15, 0.2) is 60.2 Å². The molecule has 1 aromatic heterocycles. The number of hydrogen-bond acceptors (Lipinski definition) is 3. The van der Waals surface area contributed by atoms with Gasteiger partial charge in [0.1, 0.15) is 5.75 Å². The number of ether oxygens (including phenoxy) is 2. The van der Waals surface area contributed by atoms with E-state index in [2.05, 4.69) is 34.9 Å².